The third kappa shape index (κ3) is 3.06. The molecular weight excluding hydrogens is 204 g/mol. The third-order valence-corrected chi connectivity index (χ3v) is 5.53. The molecule has 2 aliphatic carbocycles. The molecule has 0 spiro atoms. The van der Waals surface area contributed by atoms with Gasteiger partial charge < -0.3 is 0 Å². The maximum Gasteiger partial charge on any atom is -0.0292 e. The van der Waals surface area contributed by atoms with Crippen molar-refractivity contribution < 1.29 is 0 Å². The highest BCUT2D eigenvalue weighted by Crippen LogP contribution is 2.55. The van der Waals surface area contributed by atoms with Crippen molar-refractivity contribution in [3.8, 4) is 0 Å². The molecule has 2 aliphatic rings. The minimum atomic E-state index is 0.522. The first kappa shape index (κ1) is 13.4. The van der Waals surface area contributed by atoms with Crippen LogP contribution in [0.15, 0.2) is 0 Å². The highest BCUT2D eigenvalue weighted by atomic mass is 14.5. The lowest BCUT2D eigenvalue weighted by Crippen LogP contribution is -2.41. The Hall–Kier alpha value is 0. The standard InChI is InChI=1S/C17H32/c1-13-7-6-10-17(5)12-14(8-9-15(13)17)11-16(2,3)4/h13-15H,6-12H2,1-5H3/t13?,14?,15-,17+/m0/s1. The molecule has 2 unspecified atom stereocenters. The lowest BCUT2D eigenvalue weighted by Gasteiger charge is -2.51. The van der Waals surface area contributed by atoms with Gasteiger partial charge in [0, 0.05) is 0 Å². The number of fused-ring (bicyclic) bond motifs is 1. The minimum absolute atomic E-state index is 0.522. The monoisotopic (exact) mass is 236 g/mol. The van der Waals surface area contributed by atoms with Crippen LogP contribution in [0.4, 0.5) is 0 Å². The molecule has 2 fully saturated rings. The molecule has 0 aliphatic heterocycles. The van der Waals surface area contributed by atoms with Gasteiger partial charge in [0.2, 0.25) is 0 Å². The van der Waals surface area contributed by atoms with Crippen molar-refractivity contribution >= 4 is 0 Å². The fourth-order valence-corrected chi connectivity index (χ4v) is 5.00. The summed E-state index contributed by atoms with van der Waals surface area (Å²) in [5.41, 5.74) is 1.21. The summed E-state index contributed by atoms with van der Waals surface area (Å²) < 4.78 is 0. The van der Waals surface area contributed by atoms with Gasteiger partial charge in [0.05, 0.1) is 0 Å². The third-order valence-electron chi connectivity index (χ3n) is 5.53. The average molecular weight is 236 g/mol. The van der Waals surface area contributed by atoms with Crippen molar-refractivity contribution in [2.75, 3.05) is 0 Å². The second-order valence-corrected chi connectivity index (χ2v) is 8.54. The van der Waals surface area contributed by atoms with Crippen molar-refractivity contribution in [1.82, 2.24) is 0 Å². The zero-order valence-corrected chi connectivity index (χ0v) is 12.7. The summed E-state index contributed by atoms with van der Waals surface area (Å²) >= 11 is 0. The van der Waals surface area contributed by atoms with Crippen molar-refractivity contribution in [2.45, 2.75) is 79.6 Å². The van der Waals surface area contributed by atoms with Crippen LogP contribution in [-0.4, -0.2) is 0 Å². The number of hydrogen-bond donors (Lipinski definition) is 0. The Labute approximate surface area is 109 Å². The molecule has 0 radical (unpaired) electrons. The molecule has 0 heteroatoms. The van der Waals surface area contributed by atoms with Crippen LogP contribution in [0.5, 0.6) is 0 Å². The van der Waals surface area contributed by atoms with Gasteiger partial charge in [-0.3, -0.25) is 0 Å². The van der Waals surface area contributed by atoms with Gasteiger partial charge in [-0.1, -0.05) is 53.9 Å². The summed E-state index contributed by atoms with van der Waals surface area (Å²) in [7, 11) is 0. The maximum absolute atomic E-state index is 2.60. The second-order valence-electron chi connectivity index (χ2n) is 8.54. The molecule has 17 heavy (non-hydrogen) atoms. The molecule has 0 aromatic heterocycles. The highest BCUT2D eigenvalue weighted by molar-refractivity contribution is 4.95. The zero-order chi connectivity index (χ0) is 12.7. The molecule has 0 bridgehead atoms. The minimum Gasteiger partial charge on any atom is -0.0622 e. The summed E-state index contributed by atoms with van der Waals surface area (Å²) in [5.74, 6) is 3.03. The van der Waals surface area contributed by atoms with Gasteiger partial charge in [0.25, 0.3) is 0 Å². The van der Waals surface area contributed by atoms with Gasteiger partial charge in [-0.25, -0.2) is 0 Å². The topological polar surface area (TPSA) is 0 Å². The molecule has 2 rings (SSSR count). The Morgan fingerprint density at radius 2 is 1.82 bits per heavy atom. The van der Waals surface area contributed by atoms with Crippen LogP contribution < -0.4 is 0 Å². The Balaban J connectivity index is 2.02. The van der Waals surface area contributed by atoms with Gasteiger partial charge in [-0.15, -0.1) is 0 Å². The first-order valence-corrected chi connectivity index (χ1v) is 7.80. The van der Waals surface area contributed by atoms with E-state index in [4.69, 9.17) is 0 Å². The van der Waals surface area contributed by atoms with Crippen LogP contribution in [0.2, 0.25) is 0 Å². The summed E-state index contributed by atoms with van der Waals surface area (Å²) in [5, 5.41) is 0. The molecule has 0 aromatic carbocycles. The van der Waals surface area contributed by atoms with E-state index in [9.17, 15) is 0 Å². The van der Waals surface area contributed by atoms with Crippen LogP contribution in [0.3, 0.4) is 0 Å². The van der Waals surface area contributed by atoms with Crippen LogP contribution in [0.1, 0.15) is 79.6 Å². The van der Waals surface area contributed by atoms with Gasteiger partial charge in [-0.2, -0.15) is 0 Å². The molecule has 4 atom stereocenters. The quantitative estimate of drug-likeness (QED) is 0.550. The number of rotatable bonds is 1. The van der Waals surface area contributed by atoms with Gasteiger partial charge >= 0.3 is 0 Å². The molecule has 0 heterocycles. The Bertz CT molecular complexity index is 260. The predicted molar refractivity (Wildman–Crippen MR) is 76.0 cm³/mol. The Morgan fingerprint density at radius 1 is 1.12 bits per heavy atom. The van der Waals surface area contributed by atoms with Crippen molar-refractivity contribution in [3.63, 3.8) is 0 Å². The Kier molecular flexibility index (Phi) is 3.63. The van der Waals surface area contributed by atoms with Crippen LogP contribution in [0, 0.1) is 28.6 Å². The van der Waals surface area contributed by atoms with E-state index in [0.29, 0.717) is 10.8 Å². The predicted octanol–water partition coefficient (Wildman–Crippen LogP) is 5.67. The molecular formula is C17H32. The van der Waals surface area contributed by atoms with E-state index in [1.165, 1.54) is 44.9 Å². The molecule has 0 N–H and O–H groups in total. The van der Waals surface area contributed by atoms with E-state index in [1.807, 2.05) is 0 Å². The SMILES string of the molecule is CC1CCC[C@]2(C)CC(CC(C)(C)C)CC[C@@H]12. The van der Waals surface area contributed by atoms with E-state index in [0.717, 1.165) is 17.8 Å². The smallest absolute Gasteiger partial charge is 0.0292 e. The van der Waals surface area contributed by atoms with Crippen LogP contribution >= 0.6 is 0 Å². The Morgan fingerprint density at radius 3 is 2.47 bits per heavy atom. The molecule has 0 saturated heterocycles. The fraction of sp³-hybridized carbons (Fsp3) is 1.00. The first-order chi connectivity index (χ1) is 7.80. The largest absolute Gasteiger partial charge is 0.0622 e. The van der Waals surface area contributed by atoms with Crippen LogP contribution in [0.25, 0.3) is 0 Å². The van der Waals surface area contributed by atoms with Crippen molar-refractivity contribution in [3.05, 3.63) is 0 Å². The van der Waals surface area contributed by atoms with Crippen molar-refractivity contribution in [2.24, 2.45) is 28.6 Å². The van der Waals surface area contributed by atoms with Gasteiger partial charge in [0.15, 0.2) is 0 Å². The fourth-order valence-electron chi connectivity index (χ4n) is 5.00. The van der Waals surface area contributed by atoms with E-state index in [2.05, 4.69) is 34.6 Å². The van der Waals surface area contributed by atoms with E-state index in [-0.39, 0.29) is 0 Å². The van der Waals surface area contributed by atoms with E-state index >= 15 is 0 Å². The molecule has 2 saturated carbocycles. The summed E-state index contributed by atoms with van der Waals surface area (Å²) in [6.07, 6.45) is 10.4. The lowest BCUT2D eigenvalue weighted by atomic mass is 9.54. The average Bonchev–Trinajstić information content (AvgIpc) is 2.13. The second kappa shape index (κ2) is 4.59. The summed E-state index contributed by atoms with van der Waals surface area (Å²) in [4.78, 5) is 0. The molecule has 0 aromatic rings. The van der Waals surface area contributed by atoms with Crippen LogP contribution in [-0.2, 0) is 0 Å². The van der Waals surface area contributed by atoms with Gasteiger partial charge in [0.1, 0.15) is 0 Å². The highest BCUT2D eigenvalue weighted by Gasteiger charge is 2.44. The first-order valence-electron chi connectivity index (χ1n) is 7.80. The lowest BCUT2D eigenvalue weighted by molar-refractivity contribution is -0.00985. The van der Waals surface area contributed by atoms with E-state index in [1.54, 1.807) is 0 Å². The normalized spacial score (nSPS) is 43.2. The van der Waals surface area contributed by atoms with Gasteiger partial charge in [-0.05, 0) is 54.3 Å². The number of hydrogen-bond acceptors (Lipinski definition) is 0. The summed E-state index contributed by atoms with van der Waals surface area (Å²) in [6, 6.07) is 0. The molecule has 0 nitrogen and oxygen atoms in total. The molecule has 0 amide bonds. The van der Waals surface area contributed by atoms with E-state index < -0.39 is 0 Å². The maximum atomic E-state index is 2.60. The molecule has 100 valence electrons. The summed E-state index contributed by atoms with van der Waals surface area (Å²) in [6.45, 7) is 12.3. The van der Waals surface area contributed by atoms with Crippen molar-refractivity contribution in [1.29, 1.82) is 0 Å². The zero-order valence-electron chi connectivity index (χ0n) is 12.7.